The molecule has 1 atom stereocenters. The standard InChI is InChI=1S/C10H16N4O/c1-13-9(8-2-4-12-6-8)7-14(5-3-11)10(13)15/h2,4,6,9,12H,3,5,7,11H2,1H3. The third-order valence-electron chi connectivity index (χ3n) is 2.84. The molecule has 15 heavy (non-hydrogen) atoms. The normalized spacial score (nSPS) is 21.5. The highest BCUT2D eigenvalue weighted by molar-refractivity contribution is 5.77. The first-order chi connectivity index (χ1) is 7.24. The average Bonchev–Trinajstić information content (AvgIpc) is 2.82. The Morgan fingerprint density at radius 2 is 2.47 bits per heavy atom. The third-order valence-corrected chi connectivity index (χ3v) is 2.84. The van der Waals surface area contributed by atoms with E-state index in [4.69, 9.17) is 5.73 Å². The first kappa shape index (κ1) is 10.0. The van der Waals surface area contributed by atoms with Crippen molar-refractivity contribution in [3.05, 3.63) is 24.0 Å². The van der Waals surface area contributed by atoms with Crippen molar-refractivity contribution in [2.45, 2.75) is 6.04 Å². The molecule has 0 aromatic carbocycles. The molecular weight excluding hydrogens is 192 g/mol. The highest BCUT2D eigenvalue weighted by Crippen LogP contribution is 2.27. The monoisotopic (exact) mass is 208 g/mol. The van der Waals surface area contributed by atoms with Crippen LogP contribution in [0.25, 0.3) is 0 Å². The second kappa shape index (κ2) is 3.94. The molecule has 2 amide bonds. The molecule has 0 radical (unpaired) electrons. The van der Waals surface area contributed by atoms with Crippen molar-refractivity contribution in [1.29, 1.82) is 0 Å². The van der Waals surface area contributed by atoms with Crippen LogP contribution < -0.4 is 5.73 Å². The molecular formula is C10H16N4O. The van der Waals surface area contributed by atoms with Gasteiger partial charge in [-0.1, -0.05) is 0 Å². The molecule has 2 heterocycles. The van der Waals surface area contributed by atoms with E-state index in [1.165, 1.54) is 0 Å². The van der Waals surface area contributed by atoms with Crippen LogP contribution in [-0.2, 0) is 0 Å². The Labute approximate surface area is 88.8 Å². The maximum absolute atomic E-state index is 11.8. The van der Waals surface area contributed by atoms with Crippen LogP contribution in [0.1, 0.15) is 11.6 Å². The summed E-state index contributed by atoms with van der Waals surface area (Å²) in [6.07, 6.45) is 3.81. The number of nitrogens with zero attached hydrogens (tertiary/aromatic N) is 2. The van der Waals surface area contributed by atoms with Gasteiger partial charge in [0.1, 0.15) is 0 Å². The maximum Gasteiger partial charge on any atom is 0.320 e. The van der Waals surface area contributed by atoms with Crippen molar-refractivity contribution < 1.29 is 4.79 Å². The summed E-state index contributed by atoms with van der Waals surface area (Å²) in [5.74, 6) is 0. The minimum absolute atomic E-state index is 0.0617. The Kier molecular flexibility index (Phi) is 2.64. The summed E-state index contributed by atoms with van der Waals surface area (Å²) in [5, 5.41) is 0. The predicted octanol–water partition coefficient (Wildman–Crippen LogP) is 0.382. The van der Waals surface area contributed by atoms with Crippen LogP contribution in [0.2, 0.25) is 0 Å². The van der Waals surface area contributed by atoms with Crippen LogP contribution in [0.3, 0.4) is 0 Å². The smallest absolute Gasteiger partial charge is 0.320 e. The average molecular weight is 208 g/mol. The van der Waals surface area contributed by atoms with Gasteiger partial charge in [-0.15, -0.1) is 0 Å². The van der Waals surface area contributed by atoms with Gasteiger partial charge in [0.2, 0.25) is 0 Å². The third kappa shape index (κ3) is 1.70. The Morgan fingerprint density at radius 1 is 1.67 bits per heavy atom. The van der Waals surface area contributed by atoms with Gasteiger partial charge in [-0.25, -0.2) is 4.79 Å². The van der Waals surface area contributed by atoms with E-state index in [0.717, 1.165) is 12.1 Å². The quantitative estimate of drug-likeness (QED) is 0.754. The zero-order valence-electron chi connectivity index (χ0n) is 8.81. The molecule has 2 rings (SSSR count). The van der Waals surface area contributed by atoms with E-state index in [9.17, 15) is 4.79 Å². The van der Waals surface area contributed by atoms with E-state index in [0.29, 0.717) is 13.1 Å². The topological polar surface area (TPSA) is 65.4 Å². The van der Waals surface area contributed by atoms with Crippen molar-refractivity contribution in [3.8, 4) is 0 Å². The summed E-state index contributed by atoms with van der Waals surface area (Å²) < 4.78 is 0. The minimum atomic E-state index is 0.0617. The Morgan fingerprint density at radius 3 is 3.07 bits per heavy atom. The lowest BCUT2D eigenvalue weighted by atomic mass is 10.1. The first-order valence-electron chi connectivity index (χ1n) is 5.08. The second-order valence-electron chi connectivity index (χ2n) is 3.79. The summed E-state index contributed by atoms with van der Waals surface area (Å²) in [7, 11) is 1.83. The number of hydrogen-bond acceptors (Lipinski definition) is 2. The highest BCUT2D eigenvalue weighted by Gasteiger charge is 2.34. The molecule has 0 aliphatic carbocycles. The van der Waals surface area contributed by atoms with E-state index in [2.05, 4.69) is 4.98 Å². The molecule has 1 aromatic heterocycles. The molecule has 5 heteroatoms. The van der Waals surface area contributed by atoms with Crippen molar-refractivity contribution in [3.63, 3.8) is 0 Å². The van der Waals surface area contributed by atoms with E-state index in [-0.39, 0.29) is 12.1 Å². The largest absolute Gasteiger partial charge is 0.367 e. The van der Waals surface area contributed by atoms with Crippen LogP contribution in [0.15, 0.2) is 18.5 Å². The molecule has 5 nitrogen and oxygen atoms in total. The summed E-state index contributed by atoms with van der Waals surface area (Å²) in [6, 6.07) is 2.21. The second-order valence-corrected chi connectivity index (χ2v) is 3.79. The summed E-state index contributed by atoms with van der Waals surface area (Å²) in [4.78, 5) is 18.3. The lowest BCUT2D eigenvalue weighted by Crippen LogP contribution is -2.33. The number of hydrogen-bond donors (Lipinski definition) is 2. The highest BCUT2D eigenvalue weighted by atomic mass is 16.2. The molecule has 0 bridgehead atoms. The number of likely N-dealkylation sites (N-methyl/N-ethyl adjacent to an activating group) is 1. The number of H-pyrrole nitrogens is 1. The van der Waals surface area contributed by atoms with Crippen molar-refractivity contribution in [2.24, 2.45) is 5.73 Å². The van der Waals surface area contributed by atoms with Crippen LogP contribution in [0, 0.1) is 0 Å². The SMILES string of the molecule is CN1C(=O)N(CCN)CC1c1cc[nH]c1. The number of aromatic nitrogens is 1. The number of amides is 2. The van der Waals surface area contributed by atoms with Gasteiger partial charge in [0.25, 0.3) is 0 Å². The Balaban J connectivity index is 2.13. The van der Waals surface area contributed by atoms with Crippen LogP contribution >= 0.6 is 0 Å². The van der Waals surface area contributed by atoms with E-state index in [1.54, 1.807) is 9.80 Å². The fourth-order valence-corrected chi connectivity index (χ4v) is 1.98. The fourth-order valence-electron chi connectivity index (χ4n) is 1.98. The Hall–Kier alpha value is -1.49. The van der Waals surface area contributed by atoms with Gasteiger partial charge < -0.3 is 20.5 Å². The van der Waals surface area contributed by atoms with Crippen molar-refractivity contribution in [1.82, 2.24) is 14.8 Å². The number of nitrogens with two attached hydrogens (primary N) is 1. The number of carbonyl (C=O) groups excluding carboxylic acids is 1. The maximum atomic E-state index is 11.8. The predicted molar refractivity (Wildman–Crippen MR) is 57.3 cm³/mol. The fraction of sp³-hybridized carbons (Fsp3) is 0.500. The van der Waals surface area contributed by atoms with Gasteiger partial charge in [0.05, 0.1) is 6.04 Å². The van der Waals surface area contributed by atoms with Gasteiger partial charge in [0.15, 0.2) is 0 Å². The zero-order chi connectivity index (χ0) is 10.8. The van der Waals surface area contributed by atoms with Gasteiger partial charge >= 0.3 is 6.03 Å². The van der Waals surface area contributed by atoms with Crippen molar-refractivity contribution >= 4 is 6.03 Å². The van der Waals surface area contributed by atoms with Crippen LogP contribution in [0.5, 0.6) is 0 Å². The van der Waals surface area contributed by atoms with Crippen molar-refractivity contribution in [2.75, 3.05) is 26.7 Å². The number of rotatable bonds is 3. The number of aromatic amines is 1. The van der Waals surface area contributed by atoms with E-state index in [1.807, 2.05) is 25.5 Å². The summed E-state index contributed by atoms with van der Waals surface area (Å²) in [5.41, 5.74) is 6.61. The Bertz CT molecular complexity index is 335. The molecule has 1 aliphatic rings. The van der Waals surface area contributed by atoms with Gasteiger partial charge in [0, 0.05) is 39.1 Å². The molecule has 1 saturated heterocycles. The van der Waals surface area contributed by atoms with Gasteiger partial charge in [-0.2, -0.15) is 0 Å². The molecule has 1 aromatic rings. The lowest BCUT2D eigenvalue weighted by Gasteiger charge is -2.16. The summed E-state index contributed by atoms with van der Waals surface area (Å²) in [6.45, 7) is 1.87. The lowest BCUT2D eigenvalue weighted by molar-refractivity contribution is 0.196. The summed E-state index contributed by atoms with van der Waals surface area (Å²) >= 11 is 0. The minimum Gasteiger partial charge on any atom is -0.367 e. The first-order valence-corrected chi connectivity index (χ1v) is 5.08. The molecule has 3 N–H and O–H groups in total. The molecule has 1 unspecified atom stereocenters. The van der Waals surface area contributed by atoms with E-state index >= 15 is 0 Å². The van der Waals surface area contributed by atoms with Crippen LogP contribution in [-0.4, -0.2) is 47.5 Å². The zero-order valence-corrected chi connectivity index (χ0v) is 8.81. The van der Waals surface area contributed by atoms with Gasteiger partial charge in [-0.3, -0.25) is 0 Å². The molecule has 1 fully saturated rings. The van der Waals surface area contributed by atoms with Gasteiger partial charge in [-0.05, 0) is 11.6 Å². The number of urea groups is 1. The van der Waals surface area contributed by atoms with Crippen LogP contribution in [0.4, 0.5) is 4.79 Å². The number of nitrogens with one attached hydrogen (secondary N) is 1. The van der Waals surface area contributed by atoms with E-state index < -0.39 is 0 Å². The number of carbonyl (C=O) groups is 1. The molecule has 0 saturated carbocycles. The molecule has 1 aliphatic heterocycles. The molecule has 0 spiro atoms. The molecule has 82 valence electrons.